The number of ether oxygens (including phenoxy) is 1. The summed E-state index contributed by atoms with van der Waals surface area (Å²) in [7, 11) is 2.15. The molecule has 6 heteroatoms. The topological polar surface area (TPSA) is 56.8 Å². The van der Waals surface area contributed by atoms with Crippen molar-refractivity contribution in [2.45, 2.75) is 31.5 Å². The molecule has 1 aliphatic carbocycles. The fourth-order valence-corrected chi connectivity index (χ4v) is 2.97. The van der Waals surface area contributed by atoms with Crippen LogP contribution in [0.15, 0.2) is 30.3 Å². The predicted octanol–water partition coefficient (Wildman–Crippen LogP) is 1.20. The highest BCUT2D eigenvalue weighted by Crippen LogP contribution is 2.20. The van der Waals surface area contributed by atoms with Gasteiger partial charge >= 0.3 is 6.09 Å². The van der Waals surface area contributed by atoms with Gasteiger partial charge in [0.2, 0.25) is 0 Å². The minimum absolute atomic E-state index is 0.225. The summed E-state index contributed by atoms with van der Waals surface area (Å²) in [5.74, 6) is 0. The second-order valence-corrected chi connectivity index (χ2v) is 6.49. The summed E-state index contributed by atoms with van der Waals surface area (Å²) in [6.45, 7) is 4.65. The Morgan fingerprint density at radius 3 is 2.52 bits per heavy atom. The molecule has 2 N–H and O–H groups in total. The number of hydrazine groups is 1. The highest BCUT2D eigenvalue weighted by atomic mass is 16.5. The van der Waals surface area contributed by atoms with E-state index >= 15 is 0 Å². The van der Waals surface area contributed by atoms with Gasteiger partial charge in [-0.25, -0.2) is 9.80 Å². The Labute approximate surface area is 137 Å². The molecule has 1 aromatic carbocycles. The van der Waals surface area contributed by atoms with E-state index in [1.807, 2.05) is 30.3 Å². The third-order valence-electron chi connectivity index (χ3n) is 4.54. The summed E-state index contributed by atoms with van der Waals surface area (Å²) in [5, 5.41) is 5.23. The number of rotatable bonds is 5. The number of amides is 1. The van der Waals surface area contributed by atoms with E-state index in [-0.39, 0.29) is 12.1 Å². The smallest absolute Gasteiger partial charge is 0.407 e. The number of benzene rings is 1. The molecule has 1 saturated heterocycles. The zero-order valence-corrected chi connectivity index (χ0v) is 13.7. The van der Waals surface area contributed by atoms with Crippen LogP contribution in [0, 0.1) is 0 Å². The Kier molecular flexibility index (Phi) is 5.48. The van der Waals surface area contributed by atoms with E-state index in [4.69, 9.17) is 4.74 Å². The van der Waals surface area contributed by atoms with Crippen LogP contribution in [0.3, 0.4) is 0 Å². The maximum atomic E-state index is 11.8. The molecule has 2 fully saturated rings. The van der Waals surface area contributed by atoms with Crippen molar-refractivity contribution < 1.29 is 9.53 Å². The van der Waals surface area contributed by atoms with Crippen molar-refractivity contribution in [3.8, 4) is 0 Å². The second-order valence-electron chi connectivity index (χ2n) is 6.49. The lowest BCUT2D eigenvalue weighted by molar-refractivity contribution is 0.0565. The average Bonchev–Trinajstić information content (AvgIpc) is 2.54. The van der Waals surface area contributed by atoms with Gasteiger partial charge in [-0.15, -0.1) is 0 Å². The number of hydrogen-bond acceptors (Lipinski definition) is 5. The van der Waals surface area contributed by atoms with E-state index in [1.165, 1.54) is 0 Å². The first kappa shape index (κ1) is 16.2. The van der Waals surface area contributed by atoms with E-state index in [0.29, 0.717) is 12.6 Å². The fraction of sp³-hybridized carbons (Fsp3) is 0.588. The molecule has 23 heavy (non-hydrogen) atoms. The van der Waals surface area contributed by atoms with Gasteiger partial charge in [0.15, 0.2) is 0 Å². The summed E-state index contributed by atoms with van der Waals surface area (Å²) in [5.41, 5.74) is 4.56. The lowest BCUT2D eigenvalue weighted by Gasteiger charge is -2.41. The molecule has 1 saturated carbocycles. The summed E-state index contributed by atoms with van der Waals surface area (Å²) < 4.78 is 5.25. The van der Waals surface area contributed by atoms with Crippen LogP contribution in [0.25, 0.3) is 0 Å². The maximum Gasteiger partial charge on any atom is 0.407 e. The van der Waals surface area contributed by atoms with Crippen molar-refractivity contribution in [2.24, 2.45) is 0 Å². The van der Waals surface area contributed by atoms with Gasteiger partial charge in [-0.05, 0) is 25.5 Å². The Bertz CT molecular complexity index is 497. The molecule has 6 nitrogen and oxygen atoms in total. The number of hydrogen-bond donors (Lipinski definition) is 2. The number of alkyl carbamates (subject to hydrolysis) is 1. The number of piperazine rings is 1. The van der Waals surface area contributed by atoms with Gasteiger partial charge in [0.1, 0.15) is 6.61 Å². The lowest BCUT2D eigenvalue weighted by atomic mass is 9.87. The zero-order valence-electron chi connectivity index (χ0n) is 13.7. The SMILES string of the molecule is CN1CCN(NC2CC(NC(=O)OCc3ccccc3)C2)CC1. The van der Waals surface area contributed by atoms with E-state index in [1.54, 1.807) is 0 Å². The van der Waals surface area contributed by atoms with Gasteiger partial charge in [0.05, 0.1) is 0 Å². The predicted molar refractivity (Wildman–Crippen MR) is 88.8 cm³/mol. The molecule has 1 aliphatic heterocycles. The van der Waals surface area contributed by atoms with E-state index in [2.05, 4.69) is 27.7 Å². The van der Waals surface area contributed by atoms with Crippen LogP contribution in [0.2, 0.25) is 0 Å². The molecule has 0 atom stereocenters. The lowest BCUT2D eigenvalue weighted by Crippen LogP contribution is -2.60. The van der Waals surface area contributed by atoms with Crippen molar-refractivity contribution in [1.29, 1.82) is 0 Å². The molecule has 1 amide bonds. The summed E-state index contributed by atoms with van der Waals surface area (Å²) >= 11 is 0. The van der Waals surface area contributed by atoms with Crippen molar-refractivity contribution >= 4 is 6.09 Å². The third-order valence-corrected chi connectivity index (χ3v) is 4.54. The van der Waals surface area contributed by atoms with E-state index in [0.717, 1.165) is 44.6 Å². The summed E-state index contributed by atoms with van der Waals surface area (Å²) in [4.78, 5) is 14.1. The van der Waals surface area contributed by atoms with E-state index in [9.17, 15) is 4.79 Å². The minimum atomic E-state index is -0.322. The monoisotopic (exact) mass is 318 g/mol. The molecule has 0 radical (unpaired) electrons. The number of nitrogens with zero attached hydrogens (tertiary/aromatic N) is 2. The maximum absolute atomic E-state index is 11.8. The normalized spacial score (nSPS) is 25.6. The van der Waals surface area contributed by atoms with Gasteiger partial charge in [0.25, 0.3) is 0 Å². The molecule has 0 bridgehead atoms. The quantitative estimate of drug-likeness (QED) is 0.854. The Balaban J connectivity index is 1.28. The van der Waals surface area contributed by atoms with Crippen LogP contribution < -0.4 is 10.7 Å². The van der Waals surface area contributed by atoms with Gasteiger partial charge in [-0.1, -0.05) is 30.3 Å². The molecule has 0 aromatic heterocycles. The first-order valence-corrected chi connectivity index (χ1v) is 8.36. The molecule has 1 aromatic rings. The summed E-state index contributed by atoms with van der Waals surface area (Å²) in [6, 6.07) is 10.4. The molecule has 126 valence electrons. The largest absolute Gasteiger partial charge is 0.445 e. The van der Waals surface area contributed by atoms with Crippen LogP contribution in [-0.2, 0) is 11.3 Å². The zero-order chi connectivity index (χ0) is 16.1. The molecular formula is C17H26N4O2. The second kappa shape index (κ2) is 7.77. The number of carbonyl (C=O) groups excluding carboxylic acids is 1. The van der Waals surface area contributed by atoms with Crippen molar-refractivity contribution in [1.82, 2.24) is 20.7 Å². The van der Waals surface area contributed by atoms with Crippen LogP contribution in [-0.4, -0.2) is 61.3 Å². The molecule has 1 heterocycles. The molecule has 0 unspecified atom stereocenters. The van der Waals surface area contributed by atoms with Crippen molar-refractivity contribution in [2.75, 3.05) is 33.2 Å². The molecule has 3 rings (SSSR count). The first-order valence-electron chi connectivity index (χ1n) is 8.36. The number of likely N-dealkylation sites (N-methyl/N-ethyl adjacent to an activating group) is 1. The molecule has 2 aliphatic rings. The minimum Gasteiger partial charge on any atom is -0.445 e. The van der Waals surface area contributed by atoms with Gasteiger partial charge < -0.3 is 15.0 Å². The van der Waals surface area contributed by atoms with Gasteiger partial charge in [-0.3, -0.25) is 5.43 Å². The van der Waals surface area contributed by atoms with Crippen molar-refractivity contribution in [3.05, 3.63) is 35.9 Å². The first-order chi connectivity index (χ1) is 11.2. The van der Waals surface area contributed by atoms with Gasteiger partial charge in [-0.2, -0.15) is 0 Å². The van der Waals surface area contributed by atoms with E-state index < -0.39 is 0 Å². The van der Waals surface area contributed by atoms with Crippen LogP contribution in [0.1, 0.15) is 18.4 Å². The number of carbonyl (C=O) groups is 1. The average molecular weight is 318 g/mol. The van der Waals surface area contributed by atoms with Crippen LogP contribution in [0.5, 0.6) is 0 Å². The standard InChI is InChI=1S/C17H26N4O2/c1-20-7-9-21(10-8-20)19-16-11-15(12-16)18-17(22)23-13-14-5-3-2-4-6-14/h2-6,15-16,19H,7-13H2,1H3,(H,18,22). The Morgan fingerprint density at radius 2 is 1.83 bits per heavy atom. The highest BCUT2D eigenvalue weighted by Gasteiger charge is 2.32. The van der Waals surface area contributed by atoms with Gasteiger partial charge in [0, 0.05) is 38.3 Å². The highest BCUT2D eigenvalue weighted by molar-refractivity contribution is 5.67. The fourth-order valence-electron chi connectivity index (χ4n) is 2.97. The Hall–Kier alpha value is -1.63. The number of nitrogens with one attached hydrogen (secondary N) is 2. The van der Waals surface area contributed by atoms with Crippen LogP contribution >= 0.6 is 0 Å². The molecule has 0 spiro atoms. The van der Waals surface area contributed by atoms with Crippen LogP contribution in [0.4, 0.5) is 4.79 Å². The Morgan fingerprint density at radius 1 is 1.13 bits per heavy atom. The van der Waals surface area contributed by atoms with Crippen molar-refractivity contribution in [3.63, 3.8) is 0 Å². The summed E-state index contributed by atoms with van der Waals surface area (Å²) in [6.07, 6.45) is 1.61. The third kappa shape index (κ3) is 4.92. The molecular weight excluding hydrogens is 292 g/mol.